The van der Waals surface area contributed by atoms with Crippen LogP contribution in [0.25, 0.3) is 10.9 Å². The van der Waals surface area contributed by atoms with Gasteiger partial charge in [0.05, 0.1) is 5.52 Å². The van der Waals surface area contributed by atoms with Crippen LogP contribution < -0.4 is 5.73 Å². The van der Waals surface area contributed by atoms with Crippen molar-refractivity contribution in [3.63, 3.8) is 0 Å². The fourth-order valence-corrected chi connectivity index (χ4v) is 2.06. The van der Waals surface area contributed by atoms with Gasteiger partial charge in [-0.05, 0) is 57.0 Å². The second-order valence-corrected chi connectivity index (χ2v) is 4.34. The Morgan fingerprint density at radius 2 is 2.00 bits per heavy atom. The fourth-order valence-electron chi connectivity index (χ4n) is 2.06. The average molecular weight is 214 g/mol. The first-order valence-corrected chi connectivity index (χ1v) is 5.77. The quantitative estimate of drug-likeness (QED) is 0.853. The summed E-state index contributed by atoms with van der Waals surface area (Å²) in [5, 5.41) is 1.28. The van der Waals surface area contributed by atoms with Crippen molar-refractivity contribution in [3.8, 4) is 0 Å². The molecule has 0 unspecified atom stereocenters. The van der Waals surface area contributed by atoms with Gasteiger partial charge in [-0.25, -0.2) is 0 Å². The average Bonchev–Trinajstić information content (AvgIpc) is 2.26. The van der Waals surface area contributed by atoms with Crippen LogP contribution in [-0.4, -0.2) is 11.5 Å². The molecule has 0 saturated heterocycles. The van der Waals surface area contributed by atoms with E-state index < -0.39 is 0 Å². The Kier molecular flexibility index (Phi) is 3.20. The summed E-state index contributed by atoms with van der Waals surface area (Å²) in [6.07, 6.45) is 2.08. The Balaban J connectivity index is 2.55. The highest BCUT2D eigenvalue weighted by Gasteiger charge is 2.03. The van der Waals surface area contributed by atoms with Crippen molar-refractivity contribution in [3.05, 3.63) is 41.1 Å². The highest BCUT2D eigenvalue weighted by atomic mass is 14.7. The molecule has 0 atom stereocenters. The predicted octanol–water partition coefficient (Wildman–Crippen LogP) is 2.74. The molecule has 1 aromatic heterocycles. The normalized spacial score (nSPS) is 10.9. The lowest BCUT2D eigenvalue weighted by molar-refractivity contribution is 0.835. The zero-order valence-electron chi connectivity index (χ0n) is 9.96. The largest absolute Gasteiger partial charge is 0.330 e. The number of rotatable bonds is 3. The van der Waals surface area contributed by atoms with Crippen LogP contribution in [0.15, 0.2) is 24.3 Å². The number of hydrogen-bond acceptors (Lipinski definition) is 2. The summed E-state index contributed by atoms with van der Waals surface area (Å²) < 4.78 is 0. The van der Waals surface area contributed by atoms with Crippen LogP contribution in [0, 0.1) is 13.8 Å². The van der Waals surface area contributed by atoms with Crippen molar-refractivity contribution in [2.24, 2.45) is 5.73 Å². The van der Waals surface area contributed by atoms with Gasteiger partial charge >= 0.3 is 0 Å². The second kappa shape index (κ2) is 4.62. The van der Waals surface area contributed by atoms with Gasteiger partial charge in [-0.2, -0.15) is 0 Å². The van der Waals surface area contributed by atoms with E-state index in [4.69, 9.17) is 5.73 Å². The van der Waals surface area contributed by atoms with Crippen molar-refractivity contribution in [2.75, 3.05) is 6.54 Å². The first kappa shape index (κ1) is 11.1. The third kappa shape index (κ3) is 2.22. The van der Waals surface area contributed by atoms with E-state index >= 15 is 0 Å². The Labute approximate surface area is 96.5 Å². The van der Waals surface area contributed by atoms with E-state index in [-0.39, 0.29) is 0 Å². The van der Waals surface area contributed by atoms with Crippen LogP contribution in [-0.2, 0) is 6.42 Å². The van der Waals surface area contributed by atoms with E-state index in [9.17, 15) is 0 Å². The molecule has 0 saturated carbocycles. The molecular formula is C14H18N2. The maximum Gasteiger partial charge on any atom is 0.0708 e. The summed E-state index contributed by atoms with van der Waals surface area (Å²) in [5.74, 6) is 0. The van der Waals surface area contributed by atoms with Gasteiger partial charge in [-0.1, -0.05) is 11.6 Å². The monoisotopic (exact) mass is 214 g/mol. The lowest BCUT2D eigenvalue weighted by Crippen LogP contribution is -2.01. The Hall–Kier alpha value is -1.41. The summed E-state index contributed by atoms with van der Waals surface area (Å²) >= 11 is 0. The first-order chi connectivity index (χ1) is 7.70. The molecule has 84 valence electrons. The third-order valence-electron chi connectivity index (χ3n) is 2.83. The molecule has 2 N–H and O–H groups in total. The van der Waals surface area contributed by atoms with Crippen molar-refractivity contribution >= 4 is 10.9 Å². The van der Waals surface area contributed by atoms with Gasteiger partial charge in [-0.3, -0.25) is 4.98 Å². The summed E-state index contributed by atoms with van der Waals surface area (Å²) in [6, 6.07) is 8.61. The number of fused-ring (bicyclic) bond motifs is 1. The van der Waals surface area contributed by atoms with Crippen LogP contribution in [0.5, 0.6) is 0 Å². The molecule has 0 aliphatic rings. The number of pyridine rings is 1. The standard InChI is InChI=1S/C14H18N2/c1-10-5-6-14-13(8-10)12(4-3-7-15)9-11(2)16-14/h5-6,8-9H,3-4,7,15H2,1-2H3. The van der Waals surface area contributed by atoms with Crippen LogP contribution in [0.1, 0.15) is 23.2 Å². The zero-order valence-corrected chi connectivity index (χ0v) is 9.96. The van der Waals surface area contributed by atoms with E-state index in [1.807, 2.05) is 6.92 Å². The Bertz CT molecular complexity index is 503. The molecule has 1 heterocycles. The number of hydrogen-bond donors (Lipinski definition) is 1. The highest BCUT2D eigenvalue weighted by Crippen LogP contribution is 2.20. The maximum atomic E-state index is 5.57. The van der Waals surface area contributed by atoms with Crippen molar-refractivity contribution in [1.82, 2.24) is 4.98 Å². The topological polar surface area (TPSA) is 38.9 Å². The fraction of sp³-hybridized carbons (Fsp3) is 0.357. The molecule has 0 bridgehead atoms. The Morgan fingerprint density at radius 3 is 2.75 bits per heavy atom. The van der Waals surface area contributed by atoms with Gasteiger partial charge < -0.3 is 5.73 Å². The predicted molar refractivity (Wildman–Crippen MR) is 68.6 cm³/mol. The maximum absolute atomic E-state index is 5.57. The summed E-state index contributed by atoms with van der Waals surface area (Å²) in [6.45, 7) is 4.91. The van der Waals surface area contributed by atoms with Gasteiger partial charge in [0.25, 0.3) is 0 Å². The Morgan fingerprint density at radius 1 is 1.19 bits per heavy atom. The van der Waals surface area contributed by atoms with Crippen molar-refractivity contribution in [1.29, 1.82) is 0 Å². The van der Waals surface area contributed by atoms with Crippen LogP contribution >= 0.6 is 0 Å². The summed E-state index contributed by atoms with van der Waals surface area (Å²) in [4.78, 5) is 4.55. The second-order valence-electron chi connectivity index (χ2n) is 4.34. The molecule has 2 nitrogen and oxygen atoms in total. The van der Waals surface area contributed by atoms with Gasteiger partial charge in [-0.15, -0.1) is 0 Å². The molecule has 0 radical (unpaired) electrons. The molecule has 0 spiro atoms. The molecule has 2 aromatic rings. The van der Waals surface area contributed by atoms with Gasteiger partial charge in [0.1, 0.15) is 0 Å². The van der Waals surface area contributed by atoms with Crippen LogP contribution in [0.3, 0.4) is 0 Å². The molecule has 16 heavy (non-hydrogen) atoms. The molecule has 0 aliphatic carbocycles. The highest BCUT2D eigenvalue weighted by molar-refractivity contribution is 5.83. The van der Waals surface area contributed by atoms with Crippen LogP contribution in [0.2, 0.25) is 0 Å². The van der Waals surface area contributed by atoms with Gasteiger partial charge in [0, 0.05) is 11.1 Å². The molecule has 2 heteroatoms. The van der Waals surface area contributed by atoms with Gasteiger partial charge in [0.15, 0.2) is 0 Å². The number of nitrogens with two attached hydrogens (primary N) is 1. The van der Waals surface area contributed by atoms with Gasteiger partial charge in [0.2, 0.25) is 0 Å². The minimum Gasteiger partial charge on any atom is -0.330 e. The summed E-state index contributed by atoms with van der Waals surface area (Å²) in [7, 11) is 0. The van der Waals surface area contributed by atoms with E-state index in [1.165, 1.54) is 16.5 Å². The lowest BCUT2D eigenvalue weighted by atomic mass is 10.0. The minimum atomic E-state index is 0.745. The smallest absolute Gasteiger partial charge is 0.0708 e. The van der Waals surface area contributed by atoms with E-state index in [0.29, 0.717) is 0 Å². The van der Waals surface area contributed by atoms with E-state index in [0.717, 1.165) is 30.6 Å². The molecule has 1 aromatic carbocycles. The minimum absolute atomic E-state index is 0.745. The molecule has 0 fully saturated rings. The van der Waals surface area contributed by atoms with Crippen LogP contribution in [0.4, 0.5) is 0 Å². The number of aromatic nitrogens is 1. The number of aryl methyl sites for hydroxylation is 3. The molecule has 0 aliphatic heterocycles. The zero-order chi connectivity index (χ0) is 11.5. The van der Waals surface area contributed by atoms with Crippen molar-refractivity contribution < 1.29 is 0 Å². The number of nitrogens with zero attached hydrogens (tertiary/aromatic N) is 1. The van der Waals surface area contributed by atoms with E-state index in [2.05, 4.69) is 36.2 Å². The molecule has 2 rings (SSSR count). The van der Waals surface area contributed by atoms with E-state index in [1.54, 1.807) is 0 Å². The summed E-state index contributed by atoms with van der Waals surface area (Å²) in [5.41, 5.74) is 10.4. The lowest BCUT2D eigenvalue weighted by Gasteiger charge is -2.08. The molecule has 0 amide bonds. The third-order valence-corrected chi connectivity index (χ3v) is 2.83. The SMILES string of the molecule is Cc1ccc2nc(C)cc(CCCN)c2c1. The first-order valence-electron chi connectivity index (χ1n) is 5.77. The number of benzene rings is 1. The van der Waals surface area contributed by atoms with Crippen molar-refractivity contribution in [2.45, 2.75) is 26.7 Å². The molecular weight excluding hydrogens is 196 g/mol.